The third-order valence-electron chi connectivity index (χ3n) is 2.91. The fourth-order valence-corrected chi connectivity index (χ4v) is 2.17. The van der Waals surface area contributed by atoms with Crippen LogP contribution < -0.4 is 16.6 Å². The number of nitrogen functional groups attached to an aromatic ring is 1. The summed E-state index contributed by atoms with van der Waals surface area (Å²) in [6, 6.07) is 0. The molecule has 2 rings (SSSR count). The molecule has 7 N–H and O–H groups in total. The summed E-state index contributed by atoms with van der Waals surface area (Å²) in [6.45, 7) is -0.177. The zero-order valence-corrected chi connectivity index (χ0v) is 11.4. The molecular weight excluding hydrogens is 288 g/mol. The van der Waals surface area contributed by atoms with Crippen molar-refractivity contribution in [1.29, 1.82) is 0 Å². The molecule has 0 amide bonds. The van der Waals surface area contributed by atoms with Crippen molar-refractivity contribution < 1.29 is 20.1 Å². The number of nitrogens with zero attached hydrogens (tertiary/aromatic N) is 1. The van der Waals surface area contributed by atoms with E-state index in [1.807, 2.05) is 0 Å². The number of nitrogens with two attached hydrogens (primary N) is 1. The first-order valence-electron chi connectivity index (χ1n) is 5.80. The SMILES string of the molecule is CSc1nc(N)c(N[C@@H]2OC[C@H](O)[C@H](O)[C@H]2O)c(=O)[nH]1. The summed E-state index contributed by atoms with van der Waals surface area (Å²) in [4.78, 5) is 18.3. The van der Waals surface area contributed by atoms with Crippen molar-refractivity contribution in [2.45, 2.75) is 29.7 Å². The first-order chi connectivity index (χ1) is 9.43. The fourth-order valence-electron chi connectivity index (χ4n) is 1.78. The van der Waals surface area contributed by atoms with Crippen LogP contribution in [-0.4, -0.2) is 62.7 Å². The van der Waals surface area contributed by atoms with Gasteiger partial charge in [0, 0.05) is 0 Å². The summed E-state index contributed by atoms with van der Waals surface area (Å²) in [6.07, 6.45) is -3.30. The highest BCUT2D eigenvalue weighted by Crippen LogP contribution is 2.20. The van der Waals surface area contributed by atoms with Gasteiger partial charge in [0.05, 0.1) is 6.61 Å². The van der Waals surface area contributed by atoms with Crippen molar-refractivity contribution in [2.24, 2.45) is 0 Å². The standard InChI is InChI=1S/C10H16N4O5S/c1-20-10-13-7(11)4(8(18)14-10)12-9-6(17)5(16)3(15)2-19-9/h3,5-6,9,12,15-17H,2H2,1H3,(H3,11,13,14,18)/t3-,5-,6+,9+/m0/s1. The van der Waals surface area contributed by atoms with Crippen molar-refractivity contribution in [2.75, 3.05) is 23.9 Å². The largest absolute Gasteiger partial charge is 0.388 e. The molecule has 1 aliphatic heterocycles. The van der Waals surface area contributed by atoms with Crippen LogP contribution in [0.25, 0.3) is 0 Å². The second-order valence-corrected chi connectivity index (χ2v) is 5.08. The van der Waals surface area contributed by atoms with Crippen molar-refractivity contribution in [3.05, 3.63) is 10.4 Å². The summed E-state index contributed by atoms with van der Waals surface area (Å²) in [7, 11) is 0. The summed E-state index contributed by atoms with van der Waals surface area (Å²) in [5.74, 6) is -0.0467. The van der Waals surface area contributed by atoms with Gasteiger partial charge in [-0.25, -0.2) is 4.98 Å². The van der Waals surface area contributed by atoms with Gasteiger partial charge in [-0.05, 0) is 6.26 Å². The van der Waals surface area contributed by atoms with Crippen LogP contribution in [-0.2, 0) is 4.74 Å². The van der Waals surface area contributed by atoms with E-state index in [-0.39, 0.29) is 18.1 Å². The topological polar surface area (TPSA) is 154 Å². The van der Waals surface area contributed by atoms with Crippen molar-refractivity contribution in [1.82, 2.24) is 9.97 Å². The predicted molar refractivity (Wildman–Crippen MR) is 72.4 cm³/mol. The van der Waals surface area contributed by atoms with E-state index in [0.29, 0.717) is 5.16 Å². The summed E-state index contributed by atoms with van der Waals surface area (Å²) >= 11 is 1.22. The number of thioether (sulfide) groups is 1. The van der Waals surface area contributed by atoms with E-state index in [1.54, 1.807) is 6.26 Å². The van der Waals surface area contributed by atoms with E-state index in [0.717, 1.165) is 0 Å². The van der Waals surface area contributed by atoms with Gasteiger partial charge in [-0.3, -0.25) is 9.78 Å². The number of rotatable bonds is 3. The third-order valence-corrected chi connectivity index (χ3v) is 3.49. The number of anilines is 2. The van der Waals surface area contributed by atoms with Crippen LogP contribution in [0.2, 0.25) is 0 Å². The fraction of sp³-hybridized carbons (Fsp3) is 0.600. The molecule has 4 atom stereocenters. The molecule has 1 aromatic rings. The van der Waals surface area contributed by atoms with Gasteiger partial charge in [-0.2, -0.15) is 0 Å². The van der Waals surface area contributed by atoms with Crippen LogP contribution >= 0.6 is 11.8 Å². The Morgan fingerprint density at radius 1 is 1.45 bits per heavy atom. The van der Waals surface area contributed by atoms with Gasteiger partial charge in [0.25, 0.3) is 5.56 Å². The first kappa shape index (κ1) is 15.1. The minimum absolute atomic E-state index is 0.0467. The number of nitrogens with one attached hydrogen (secondary N) is 2. The Morgan fingerprint density at radius 3 is 2.75 bits per heavy atom. The highest BCUT2D eigenvalue weighted by Gasteiger charge is 2.38. The lowest BCUT2D eigenvalue weighted by Crippen LogP contribution is -2.55. The van der Waals surface area contributed by atoms with Crippen LogP contribution in [0.15, 0.2) is 9.95 Å². The van der Waals surface area contributed by atoms with Crippen molar-refractivity contribution >= 4 is 23.3 Å². The minimum Gasteiger partial charge on any atom is -0.388 e. The average molecular weight is 304 g/mol. The van der Waals surface area contributed by atoms with E-state index >= 15 is 0 Å². The molecular formula is C10H16N4O5S. The summed E-state index contributed by atoms with van der Waals surface area (Å²) < 4.78 is 5.13. The molecule has 2 heterocycles. The van der Waals surface area contributed by atoms with E-state index in [1.165, 1.54) is 11.8 Å². The quantitative estimate of drug-likeness (QED) is 0.273. The molecule has 0 saturated carbocycles. The second kappa shape index (κ2) is 5.97. The van der Waals surface area contributed by atoms with E-state index in [9.17, 15) is 20.1 Å². The van der Waals surface area contributed by atoms with E-state index < -0.39 is 30.1 Å². The number of aliphatic hydroxyl groups excluding tert-OH is 3. The lowest BCUT2D eigenvalue weighted by atomic mass is 10.0. The molecule has 1 saturated heterocycles. The van der Waals surface area contributed by atoms with Gasteiger partial charge >= 0.3 is 0 Å². The number of aliphatic hydroxyl groups is 3. The summed E-state index contributed by atoms with van der Waals surface area (Å²) in [5, 5.41) is 31.6. The molecule has 9 nitrogen and oxygen atoms in total. The van der Waals surface area contributed by atoms with Gasteiger partial charge < -0.3 is 31.1 Å². The zero-order valence-electron chi connectivity index (χ0n) is 10.6. The molecule has 0 unspecified atom stereocenters. The maximum absolute atomic E-state index is 11.8. The molecule has 1 aromatic heterocycles. The smallest absolute Gasteiger partial charge is 0.277 e. The summed E-state index contributed by atoms with van der Waals surface area (Å²) in [5.41, 5.74) is 5.09. The van der Waals surface area contributed by atoms with Gasteiger partial charge in [-0.1, -0.05) is 11.8 Å². The van der Waals surface area contributed by atoms with Gasteiger partial charge in [-0.15, -0.1) is 0 Å². The first-order valence-corrected chi connectivity index (χ1v) is 7.02. The molecule has 1 fully saturated rings. The molecule has 0 aliphatic carbocycles. The maximum atomic E-state index is 11.8. The predicted octanol–water partition coefficient (Wildman–Crippen LogP) is -2.08. The van der Waals surface area contributed by atoms with Crippen LogP contribution in [0.1, 0.15) is 0 Å². The third kappa shape index (κ3) is 2.88. The number of hydrogen-bond donors (Lipinski definition) is 6. The van der Waals surface area contributed by atoms with Gasteiger partial charge in [0.15, 0.2) is 17.2 Å². The van der Waals surface area contributed by atoms with Gasteiger partial charge in [0.1, 0.15) is 24.0 Å². The normalized spacial score (nSPS) is 30.2. The minimum atomic E-state index is -1.40. The Bertz CT molecular complexity index is 539. The maximum Gasteiger partial charge on any atom is 0.277 e. The lowest BCUT2D eigenvalue weighted by Gasteiger charge is -2.35. The Balaban J connectivity index is 2.20. The van der Waals surface area contributed by atoms with Crippen molar-refractivity contribution in [3.63, 3.8) is 0 Å². The zero-order chi connectivity index (χ0) is 14.9. The molecule has 0 aromatic carbocycles. The van der Waals surface area contributed by atoms with Crippen LogP contribution in [0.5, 0.6) is 0 Å². The molecule has 0 radical (unpaired) electrons. The molecule has 0 spiro atoms. The Kier molecular flexibility index (Phi) is 4.50. The Hall–Kier alpha value is -1.33. The second-order valence-electron chi connectivity index (χ2n) is 4.28. The molecule has 1 aliphatic rings. The van der Waals surface area contributed by atoms with Gasteiger partial charge in [0.2, 0.25) is 0 Å². The van der Waals surface area contributed by atoms with Crippen molar-refractivity contribution in [3.8, 4) is 0 Å². The molecule has 10 heteroatoms. The average Bonchev–Trinajstić information content (AvgIpc) is 2.42. The Labute approximate surface area is 118 Å². The lowest BCUT2D eigenvalue weighted by molar-refractivity contribution is -0.178. The number of aromatic nitrogens is 2. The number of aromatic amines is 1. The van der Waals surface area contributed by atoms with Crippen LogP contribution in [0.4, 0.5) is 11.5 Å². The molecule has 20 heavy (non-hydrogen) atoms. The molecule has 112 valence electrons. The van der Waals surface area contributed by atoms with E-state index in [2.05, 4.69) is 15.3 Å². The molecule has 0 bridgehead atoms. The highest BCUT2D eigenvalue weighted by atomic mass is 32.2. The number of ether oxygens (including phenoxy) is 1. The van der Waals surface area contributed by atoms with Crippen LogP contribution in [0.3, 0.4) is 0 Å². The Morgan fingerprint density at radius 2 is 2.15 bits per heavy atom. The monoisotopic (exact) mass is 304 g/mol. The highest BCUT2D eigenvalue weighted by molar-refractivity contribution is 7.98. The van der Waals surface area contributed by atoms with E-state index in [4.69, 9.17) is 10.5 Å². The number of hydrogen-bond acceptors (Lipinski definition) is 9. The number of H-pyrrole nitrogens is 1. The van der Waals surface area contributed by atoms with Crippen LogP contribution in [0, 0.1) is 0 Å².